The molecule has 0 heterocycles. The molecule has 0 rings (SSSR count). The Bertz CT molecular complexity index is 342. The minimum atomic E-state index is -0.703. The molecular weight excluding hydrogens is 254 g/mol. The van der Waals surface area contributed by atoms with Crippen LogP contribution >= 0.6 is 0 Å². The van der Waals surface area contributed by atoms with Gasteiger partial charge >= 0.3 is 16.1 Å². The molecule has 20 heavy (non-hydrogen) atoms. The van der Waals surface area contributed by atoms with Crippen LogP contribution in [0.5, 0.6) is 0 Å². The zero-order valence-electron chi connectivity index (χ0n) is 13.4. The lowest BCUT2D eigenvalue weighted by Crippen LogP contribution is -2.40. The van der Waals surface area contributed by atoms with Crippen LogP contribution in [0.2, 0.25) is 0 Å². The van der Waals surface area contributed by atoms with E-state index in [2.05, 4.69) is 30.1 Å². The molecule has 0 aliphatic heterocycles. The number of carbonyl (C=O) groups excluding carboxylic acids is 2. The molecule has 0 saturated heterocycles. The fourth-order valence-electron chi connectivity index (χ4n) is 2.29. The molecule has 2 atom stereocenters. The fraction of sp³-hybridized carbons (Fsp3) is 0.857. The average Bonchev–Trinajstić information content (AvgIpc) is 2.29. The van der Waals surface area contributed by atoms with E-state index in [4.69, 9.17) is 16.1 Å². The number of carbonyl (C=O) groups is 2. The van der Waals surface area contributed by atoms with Crippen LogP contribution in [0.25, 0.3) is 0 Å². The normalized spacial score (nSPS) is 15.3. The van der Waals surface area contributed by atoms with Gasteiger partial charge in [-0.3, -0.25) is 9.59 Å². The van der Waals surface area contributed by atoms with E-state index in [0.717, 1.165) is 6.42 Å². The van der Waals surface area contributed by atoms with Gasteiger partial charge in [0.15, 0.2) is 0 Å². The van der Waals surface area contributed by atoms with Crippen molar-refractivity contribution in [1.82, 2.24) is 0 Å². The van der Waals surface area contributed by atoms with Gasteiger partial charge in [-0.15, -0.1) is 0 Å². The van der Waals surface area contributed by atoms with Crippen molar-refractivity contribution in [3.63, 3.8) is 0 Å². The van der Waals surface area contributed by atoms with Crippen molar-refractivity contribution in [2.45, 2.75) is 54.4 Å². The van der Waals surface area contributed by atoms with Crippen LogP contribution in [0.15, 0.2) is 0 Å². The standard InChI is InChI=1S/C14H24B2O4/c1-13(2,3)8-7-9(11(17)19-15)10(12(18)20-16)14(4,5)6/h9-10H,7-8H2,1-6H3. The van der Waals surface area contributed by atoms with Gasteiger partial charge in [-0.1, -0.05) is 41.5 Å². The second-order valence-corrected chi connectivity index (χ2v) is 7.42. The molecule has 0 aromatic rings. The number of rotatable bonds is 5. The van der Waals surface area contributed by atoms with Gasteiger partial charge in [0.2, 0.25) is 0 Å². The van der Waals surface area contributed by atoms with Crippen LogP contribution in [0.1, 0.15) is 54.4 Å². The van der Waals surface area contributed by atoms with E-state index in [0.29, 0.717) is 6.42 Å². The molecule has 0 spiro atoms. The lowest BCUT2D eigenvalue weighted by Gasteiger charge is -2.35. The van der Waals surface area contributed by atoms with E-state index < -0.39 is 29.2 Å². The van der Waals surface area contributed by atoms with Gasteiger partial charge < -0.3 is 9.31 Å². The molecule has 0 N–H and O–H groups in total. The lowest BCUT2D eigenvalue weighted by atomic mass is 9.70. The summed E-state index contributed by atoms with van der Waals surface area (Å²) in [6, 6.07) is 0. The molecule has 0 saturated carbocycles. The molecule has 6 heteroatoms. The first-order chi connectivity index (χ1) is 8.94. The fourth-order valence-corrected chi connectivity index (χ4v) is 2.29. The Balaban J connectivity index is 5.33. The number of hydrogen-bond donors (Lipinski definition) is 0. The minimum absolute atomic E-state index is 0.0299. The summed E-state index contributed by atoms with van der Waals surface area (Å²) in [5, 5.41) is 0. The lowest BCUT2D eigenvalue weighted by molar-refractivity contribution is -0.155. The second-order valence-electron chi connectivity index (χ2n) is 7.42. The smallest absolute Gasteiger partial charge is 0.378 e. The van der Waals surface area contributed by atoms with Gasteiger partial charge in [0.05, 0.1) is 11.8 Å². The summed E-state index contributed by atoms with van der Waals surface area (Å²) in [6.45, 7) is 11.7. The second kappa shape index (κ2) is 7.19. The van der Waals surface area contributed by atoms with Crippen molar-refractivity contribution in [2.75, 3.05) is 0 Å². The molecule has 4 nitrogen and oxygen atoms in total. The Kier molecular flexibility index (Phi) is 6.85. The monoisotopic (exact) mass is 278 g/mol. The quantitative estimate of drug-likeness (QED) is 0.724. The molecule has 110 valence electrons. The van der Waals surface area contributed by atoms with E-state index >= 15 is 0 Å². The van der Waals surface area contributed by atoms with Crippen LogP contribution < -0.4 is 0 Å². The van der Waals surface area contributed by atoms with Gasteiger partial charge in [-0.05, 0) is 23.7 Å². The van der Waals surface area contributed by atoms with Crippen molar-refractivity contribution in [1.29, 1.82) is 0 Å². The molecule has 0 aromatic heterocycles. The third-order valence-electron chi connectivity index (χ3n) is 3.33. The minimum Gasteiger partial charge on any atom is -0.543 e. The van der Waals surface area contributed by atoms with Crippen molar-refractivity contribution < 1.29 is 18.9 Å². The van der Waals surface area contributed by atoms with E-state index in [1.807, 2.05) is 20.8 Å². The zero-order chi connectivity index (χ0) is 16.1. The Morgan fingerprint density at radius 3 is 1.70 bits per heavy atom. The maximum absolute atomic E-state index is 11.9. The Labute approximate surface area is 124 Å². The average molecular weight is 278 g/mol. The van der Waals surface area contributed by atoms with Crippen molar-refractivity contribution in [3.8, 4) is 0 Å². The number of hydrogen-bond acceptors (Lipinski definition) is 4. The van der Waals surface area contributed by atoms with E-state index in [1.165, 1.54) is 0 Å². The summed E-state index contributed by atoms with van der Waals surface area (Å²) >= 11 is 0. The van der Waals surface area contributed by atoms with Gasteiger partial charge in [0.25, 0.3) is 11.9 Å². The van der Waals surface area contributed by atoms with Crippen LogP contribution in [0, 0.1) is 22.7 Å². The molecule has 0 fully saturated rings. The predicted molar refractivity (Wildman–Crippen MR) is 78.8 cm³/mol. The molecule has 0 aliphatic carbocycles. The Hall–Kier alpha value is -0.930. The highest BCUT2D eigenvalue weighted by Gasteiger charge is 2.42. The maximum Gasteiger partial charge on any atom is 0.378 e. The summed E-state index contributed by atoms with van der Waals surface area (Å²) in [4.78, 5) is 23.9. The van der Waals surface area contributed by atoms with Gasteiger partial charge in [0.1, 0.15) is 0 Å². The maximum atomic E-state index is 11.9. The predicted octanol–water partition coefficient (Wildman–Crippen LogP) is 2.34. The molecule has 0 aromatic carbocycles. The van der Waals surface area contributed by atoms with Gasteiger partial charge in [0, 0.05) is 0 Å². The first kappa shape index (κ1) is 19.1. The third-order valence-corrected chi connectivity index (χ3v) is 3.33. The summed E-state index contributed by atoms with van der Waals surface area (Å²) in [7, 11) is 10.0. The summed E-state index contributed by atoms with van der Waals surface area (Å²) in [6.07, 6.45) is 1.23. The van der Waals surface area contributed by atoms with Crippen LogP contribution in [0.4, 0.5) is 0 Å². The van der Waals surface area contributed by atoms with Crippen molar-refractivity contribution in [3.05, 3.63) is 0 Å². The van der Waals surface area contributed by atoms with E-state index in [1.54, 1.807) is 0 Å². The molecule has 2 unspecified atom stereocenters. The molecular formula is C14H24B2O4. The van der Waals surface area contributed by atoms with Crippen LogP contribution in [-0.4, -0.2) is 28.0 Å². The van der Waals surface area contributed by atoms with Crippen LogP contribution in [-0.2, 0) is 18.9 Å². The Morgan fingerprint density at radius 1 is 0.950 bits per heavy atom. The summed E-state index contributed by atoms with van der Waals surface area (Å²) in [5.74, 6) is -2.61. The van der Waals surface area contributed by atoms with Gasteiger partial charge in [-0.25, -0.2) is 0 Å². The molecule has 4 radical (unpaired) electrons. The van der Waals surface area contributed by atoms with Crippen LogP contribution in [0.3, 0.4) is 0 Å². The van der Waals surface area contributed by atoms with E-state index in [9.17, 15) is 9.59 Å². The molecule has 0 amide bonds. The Morgan fingerprint density at radius 2 is 1.40 bits per heavy atom. The summed E-state index contributed by atoms with van der Waals surface area (Å²) in [5.41, 5.74) is -0.463. The first-order valence-electron chi connectivity index (χ1n) is 6.75. The first-order valence-corrected chi connectivity index (χ1v) is 6.75. The SMILES string of the molecule is [B]OC(=O)C(CCC(C)(C)C)C(C(=O)O[B])C(C)(C)C. The van der Waals surface area contributed by atoms with Crippen molar-refractivity contribution in [2.24, 2.45) is 22.7 Å². The topological polar surface area (TPSA) is 52.6 Å². The van der Waals surface area contributed by atoms with Crippen molar-refractivity contribution >= 4 is 28.0 Å². The zero-order valence-corrected chi connectivity index (χ0v) is 13.4. The third kappa shape index (κ3) is 6.02. The van der Waals surface area contributed by atoms with Gasteiger partial charge in [-0.2, -0.15) is 0 Å². The molecule has 0 aliphatic rings. The highest BCUT2D eigenvalue weighted by atomic mass is 16.5. The highest BCUT2D eigenvalue weighted by molar-refractivity contribution is 6.08. The largest absolute Gasteiger partial charge is 0.543 e. The molecule has 0 bridgehead atoms. The highest BCUT2D eigenvalue weighted by Crippen LogP contribution is 2.38. The van der Waals surface area contributed by atoms with E-state index in [-0.39, 0.29) is 5.41 Å². The summed E-state index contributed by atoms with van der Waals surface area (Å²) < 4.78 is 8.72.